The number of benzene rings is 2. The van der Waals surface area contributed by atoms with Crippen LogP contribution in [0.3, 0.4) is 0 Å². The van der Waals surface area contributed by atoms with Crippen molar-refractivity contribution >= 4 is 53.1 Å². The van der Waals surface area contributed by atoms with Crippen molar-refractivity contribution in [1.29, 1.82) is 0 Å². The molecule has 0 amide bonds. The summed E-state index contributed by atoms with van der Waals surface area (Å²) in [6, 6.07) is 19.7. The molecule has 0 nitrogen and oxygen atoms in total. The fraction of sp³-hybridized carbons (Fsp3) is 0.450. The Labute approximate surface area is 324 Å². The van der Waals surface area contributed by atoms with Crippen LogP contribution in [0.15, 0.2) is 95.4 Å². The summed E-state index contributed by atoms with van der Waals surface area (Å²) in [6.45, 7) is 31.1. The minimum Gasteiger partial charge on any atom is -0.274 e. The number of rotatable bonds is 10. The van der Waals surface area contributed by atoms with Gasteiger partial charge in [0.25, 0.3) is 0 Å². The predicted molar refractivity (Wildman–Crippen MR) is 222 cm³/mol. The van der Waals surface area contributed by atoms with Crippen molar-refractivity contribution in [2.24, 2.45) is 0 Å². The van der Waals surface area contributed by atoms with E-state index in [9.17, 15) is 0 Å². The van der Waals surface area contributed by atoms with E-state index in [1.54, 1.807) is 0 Å². The van der Waals surface area contributed by atoms with Crippen molar-refractivity contribution in [3.8, 4) is 0 Å². The van der Waals surface area contributed by atoms with Gasteiger partial charge < -0.3 is 0 Å². The van der Waals surface area contributed by atoms with Crippen LogP contribution in [0, 0.1) is 26.0 Å². The number of allylic oxidation sites excluding steroid dienone is 8. The zero-order valence-corrected chi connectivity index (χ0v) is 39.1. The molecule has 0 saturated carbocycles. The van der Waals surface area contributed by atoms with Crippen molar-refractivity contribution in [3.05, 3.63) is 132 Å². The van der Waals surface area contributed by atoms with Gasteiger partial charge in [-0.3, -0.25) is 12.2 Å². The third-order valence-corrected chi connectivity index (χ3v) is 31.8. The van der Waals surface area contributed by atoms with Crippen molar-refractivity contribution in [2.45, 2.75) is 115 Å². The molecule has 2 aromatic carbocycles. The van der Waals surface area contributed by atoms with Crippen LogP contribution < -0.4 is 0 Å². The van der Waals surface area contributed by atoms with Crippen LogP contribution in [0.1, 0.15) is 63.5 Å². The second-order valence-corrected chi connectivity index (χ2v) is 38.6. The van der Waals surface area contributed by atoms with E-state index in [0.29, 0.717) is 0 Å². The first-order valence-electron chi connectivity index (χ1n) is 17.1. The van der Waals surface area contributed by atoms with Gasteiger partial charge in [0.2, 0.25) is 0 Å². The molecule has 7 heteroatoms. The van der Waals surface area contributed by atoms with Gasteiger partial charge in [0.15, 0.2) is 14.8 Å². The van der Waals surface area contributed by atoms with E-state index in [0.717, 1.165) is 34.3 Å². The first-order valence-corrected chi connectivity index (χ1v) is 31.4. The van der Waals surface area contributed by atoms with Crippen LogP contribution in [0.2, 0.25) is 62.7 Å². The first-order chi connectivity index (χ1) is 21.4. The topological polar surface area (TPSA) is 0 Å². The Morgan fingerprint density at radius 1 is 0.596 bits per heavy atom. The fourth-order valence-corrected chi connectivity index (χ4v) is 33.9. The monoisotopic (exact) mass is 814 g/mol. The molecule has 2 aliphatic carbocycles. The van der Waals surface area contributed by atoms with Crippen LogP contribution in [-0.4, -0.2) is 30.9 Å². The van der Waals surface area contributed by atoms with E-state index in [2.05, 4.69) is 117 Å². The second-order valence-electron chi connectivity index (χ2n) is 14.6. The van der Waals surface area contributed by atoms with Crippen molar-refractivity contribution in [2.75, 3.05) is 0 Å². The molecule has 2 unspecified atom stereocenters. The zero-order valence-electron chi connectivity index (χ0n) is 31.2. The van der Waals surface area contributed by atoms with E-state index < -0.39 is 30.9 Å². The maximum absolute atomic E-state index is 6.75. The molecule has 0 aliphatic heterocycles. The smallest absolute Gasteiger partial charge is 0.274 e. The Bertz CT molecular complexity index is 1160. The number of hydrogen-bond acceptors (Lipinski definition) is 0. The van der Waals surface area contributed by atoms with E-state index in [4.69, 9.17) is 22.2 Å². The summed E-state index contributed by atoms with van der Waals surface area (Å²) in [5, 5.41) is 4.54. The molecule has 4 rings (SSSR count). The van der Waals surface area contributed by atoms with Gasteiger partial charge in [-0.25, -0.2) is 22.5 Å². The summed E-state index contributed by atoms with van der Waals surface area (Å²) in [6.07, 6.45) is 23.2. The Morgan fingerprint density at radius 2 is 0.894 bits per heavy atom. The minimum atomic E-state index is -1.57. The molecule has 2 atom stereocenters. The summed E-state index contributed by atoms with van der Waals surface area (Å²) in [5.41, 5.74) is 2.14. The van der Waals surface area contributed by atoms with E-state index in [1.165, 1.54) is 36.1 Å². The molecule has 0 saturated heterocycles. The molecule has 0 radical (unpaired) electrons. The van der Waals surface area contributed by atoms with Crippen molar-refractivity contribution < 1.29 is 26.2 Å². The van der Waals surface area contributed by atoms with Gasteiger partial charge in [-0.05, 0) is 10.3 Å². The van der Waals surface area contributed by atoms with Gasteiger partial charge in [0.05, 0.1) is 0 Å². The van der Waals surface area contributed by atoms with Crippen LogP contribution >= 0.6 is 22.2 Å². The molecule has 0 bridgehead atoms. The average Bonchev–Trinajstić information content (AvgIpc) is 3.71. The SMILES string of the molecule is CCCC([Si](C)(C)Cl)[Si](C)(C)C1=[C-]CC=C1.CCCC([Si](C)(C)Cl)[Si](C)(C)C1=[C-]CC=C1.[CH2-]c1ccccc1.[CH2-]c1ccccc1.[Zr+4]. The number of halogens is 2. The van der Waals surface area contributed by atoms with Crippen LogP contribution in [-0.2, 0) is 26.2 Å². The van der Waals surface area contributed by atoms with Gasteiger partial charge in [-0.1, -0.05) is 104 Å². The average molecular weight is 817 g/mol. The van der Waals surface area contributed by atoms with E-state index in [-0.39, 0.29) is 26.2 Å². The van der Waals surface area contributed by atoms with Crippen LogP contribution in [0.4, 0.5) is 0 Å². The van der Waals surface area contributed by atoms with Gasteiger partial charge >= 0.3 is 26.2 Å². The Balaban J connectivity index is 0.000000636. The molecule has 0 fully saturated rings. The van der Waals surface area contributed by atoms with Crippen LogP contribution in [0.25, 0.3) is 0 Å². The third kappa shape index (κ3) is 16.8. The molecular formula is C40H62Cl2Si4Zr. The Morgan fingerprint density at radius 3 is 1.06 bits per heavy atom. The third-order valence-electron chi connectivity index (χ3n) is 9.02. The Hall–Kier alpha value is -0.529. The summed E-state index contributed by atoms with van der Waals surface area (Å²) in [5.74, 6) is 0. The Kier molecular flexibility index (Phi) is 22.1. The molecule has 256 valence electrons. The maximum Gasteiger partial charge on any atom is 4.00 e. The normalized spacial score (nSPS) is 15.3. The van der Waals surface area contributed by atoms with E-state index in [1.807, 2.05) is 60.7 Å². The van der Waals surface area contributed by atoms with Crippen LogP contribution in [0.5, 0.6) is 0 Å². The molecular weight excluding hydrogens is 755 g/mol. The summed E-state index contributed by atoms with van der Waals surface area (Å²) >= 11 is 13.5. The van der Waals surface area contributed by atoms with E-state index >= 15 is 0 Å². The zero-order chi connectivity index (χ0) is 35.0. The first kappa shape index (κ1) is 46.5. The maximum atomic E-state index is 6.75. The molecule has 0 spiro atoms. The van der Waals surface area contributed by atoms with Gasteiger partial charge in [0.1, 0.15) is 0 Å². The molecule has 0 aromatic heterocycles. The largest absolute Gasteiger partial charge is 4.00 e. The minimum absolute atomic E-state index is 0. The predicted octanol–water partition coefficient (Wildman–Crippen LogP) is 13.9. The molecule has 0 heterocycles. The molecule has 0 N–H and O–H groups in total. The number of hydrogen-bond donors (Lipinski definition) is 0. The molecule has 2 aliphatic rings. The van der Waals surface area contributed by atoms with Crippen molar-refractivity contribution in [1.82, 2.24) is 0 Å². The molecule has 2 aromatic rings. The van der Waals surface area contributed by atoms with Crippen molar-refractivity contribution in [3.63, 3.8) is 0 Å². The summed E-state index contributed by atoms with van der Waals surface area (Å²) in [7, 11) is -5.96. The fourth-order valence-electron chi connectivity index (χ4n) is 6.73. The van der Waals surface area contributed by atoms with Gasteiger partial charge in [-0.2, -0.15) is 83.5 Å². The van der Waals surface area contributed by atoms with Gasteiger partial charge in [-0.15, -0.1) is 37.1 Å². The summed E-state index contributed by atoms with van der Waals surface area (Å²) in [4.78, 5) is 0. The quantitative estimate of drug-likeness (QED) is 0.127. The second kappa shape index (κ2) is 22.3. The standard InChI is InChI=1S/2C13H24ClSi2.2C7H7.Zr/c2*1-6-9-13(16(4,5)14)15(2,3)12-10-7-8-11-12;2*1-7-5-3-2-4-6-7;/h2*7,10,13H,6,8-9H2,1-5H3;2*2-6H,1H2;/q4*-1;+4. The van der Waals surface area contributed by atoms with Gasteiger partial charge in [0, 0.05) is 16.1 Å². The molecule has 47 heavy (non-hydrogen) atoms. The summed E-state index contributed by atoms with van der Waals surface area (Å²) < 4.78 is 0.